The van der Waals surface area contributed by atoms with Gasteiger partial charge in [0, 0.05) is 32.2 Å². The van der Waals surface area contributed by atoms with Crippen molar-refractivity contribution in [2.75, 3.05) is 26.2 Å². The Morgan fingerprint density at radius 2 is 2.05 bits per heavy atom. The predicted octanol–water partition coefficient (Wildman–Crippen LogP) is 2.64. The molecule has 1 aliphatic rings. The first kappa shape index (κ1) is 14.2. The zero-order valence-electron chi connectivity index (χ0n) is 11.1. The summed E-state index contributed by atoms with van der Waals surface area (Å²) in [6, 6.07) is 7.32. The highest BCUT2D eigenvalue weighted by molar-refractivity contribution is 5.30. The van der Waals surface area contributed by atoms with Crippen LogP contribution in [0.1, 0.15) is 24.9 Å². The van der Waals surface area contributed by atoms with Crippen LogP contribution in [0.4, 0.5) is 8.78 Å². The van der Waals surface area contributed by atoms with Gasteiger partial charge in [0.1, 0.15) is 5.75 Å². The van der Waals surface area contributed by atoms with Gasteiger partial charge in [-0.25, -0.2) is 0 Å². The van der Waals surface area contributed by atoms with E-state index in [-0.39, 0.29) is 11.8 Å². The molecule has 0 bridgehead atoms. The van der Waals surface area contributed by atoms with Crippen LogP contribution in [0.2, 0.25) is 0 Å². The monoisotopic (exact) mass is 270 g/mol. The molecular formula is C14H20F2N2O. The van der Waals surface area contributed by atoms with Crippen LogP contribution >= 0.6 is 0 Å². The van der Waals surface area contributed by atoms with Crippen molar-refractivity contribution in [2.24, 2.45) is 0 Å². The Balaban J connectivity index is 2.12. The molecule has 0 aliphatic carbocycles. The summed E-state index contributed by atoms with van der Waals surface area (Å²) in [7, 11) is 0. The van der Waals surface area contributed by atoms with Crippen molar-refractivity contribution < 1.29 is 13.5 Å². The molecule has 0 spiro atoms. The largest absolute Gasteiger partial charge is 0.435 e. The number of hydrogen-bond acceptors (Lipinski definition) is 3. The van der Waals surface area contributed by atoms with E-state index in [2.05, 4.69) is 21.9 Å². The Bertz CT molecular complexity index is 395. The molecule has 0 radical (unpaired) electrons. The van der Waals surface area contributed by atoms with Gasteiger partial charge in [0.25, 0.3) is 0 Å². The lowest BCUT2D eigenvalue weighted by Gasteiger charge is -2.34. The molecule has 1 aromatic carbocycles. The second kappa shape index (κ2) is 6.82. The Morgan fingerprint density at radius 1 is 1.32 bits per heavy atom. The van der Waals surface area contributed by atoms with Crippen LogP contribution in [0, 0.1) is 0 Å². The molecule has 0 saturated carbocycles. The summed E-state index contributed by atoms with van der Waals surface area (Å²) in [6.07, 6.45) is 0.956. The van der Waals surface area contributed by atoms with Gasteiger partial charge in [0.2, 0.25) is 0 Å². The number of ether oxygens (including phenoxy) is 1. The standard InChI is InChI=1S/C14H20F2N2O/c1-2-13(18-8-6-17-7-9-18)11-4-3-5-12(10-11)19-14(15)16/h3-5,10,13-14,17H,2,6-9H2,1H3/t13-/m1/s1. The van der Waals surface area contributed by atoms with Crippen molar-refractivity contribution >= 4 is 0 Å². The van der Waals surface area contributed by atoms with Gasteiger partial charge in [-0.05, 0) is 24.1 Å². The summed E-state index contributed by atoms with van der Waals surface area (Å²) in [5.41, 5.74) is 1.04. The second-order valence-electron chi connectivity index (χ2n) is 4.66. The van der Waals surface area contributed by atoms with E-state index < -0.39 is 6.61 Å². The molecule has 3 nitrogen and oxygen atoms in total. The van der Waals surface area contributed by atoms with E-state index in [1.165, 1.54) is 0 Å². The number of nitrogens with one attached hydrogen (secondary N) is 1. The van der Waals surface area contributed by atoms with Crippen molar-refractivity contribution in [1.29, 1.82) is 0 Å². The van der Waals surface area contributed by atoms with Crippen LogP contribution in [0.5, 0.6) is 5.75 Å². The first-order valence-corrected chi connectivity index (χ1v) is 6.70. The minimum absolute atomic E-state index is 0.237. The lowest BCUT2D eigenvalue weighted by molar-refractivity contribution is -0.0499. The van der Waals surface area contributed by atoms with Crippen LogP contribution in [0.3, 0.4) is 0 Å². The van der Waals surface area contributed by atoms with E-state index in [1.807, 2.05) is 6.07 Å². The quantitative estimate of drug-likeness (QED) is 0.890. The Kier molecular flexibility index (Phi) is 5.10. The Morgan fingerprint density at radius 3 is 2.68 bits per heavy atom. The van der Waals surface area contributed by atoms with Gasteiger partial charge in [0.15, 0.2) is 0 Å². The minimum atomic E-state index is -2.77. The number of hydrogen-bond donors (Lipinski definition) is 1. The summed E-state index contributed by atoms with van der Waals surface area (Å²) in [6.45, 7) is 3.27. The molecule has 0 amide bonds. The lowest BCUT2D eigenvalue weighted by Crippen LogP contribution is -2.45. The minimum Gasteiger partial charge on any atom is -0.435 e. The van der Waals surface area contributed by atoms with Crippen LogP contribution in [-0.4, -0.2) is 37.7 Å². The fourth-order valence-corrected chi connectivity index (χ4v) is 2.60. The van der Waals surface area contributed by atoms with Gasteiger partial charge in [-0.15, -0.1) is 0 Å². The first-order valence-electron chi connectivity index (χ1n) is 6.70. The van der Waals surface area contributed by atoms with Crippen LogP contribution in [-0.2, 0) is 0 Å². The topological polar surface area (TPSA) is 24.5 Å². The van der Waals surface area contributed by atoms with E-state index in [0.29, 0.717) is 0 Å². The molecule has 0 unspecified atom stereocenters. The predicted molar refractivity (Wildman–Crippen MR) is 70.5 cm³/mol. The van der Waals surface area contributed by atoms with Crippen molar-refractivity contribution in [3.05, 3.63) is 29.8 Å². The molecule has 2 rings (SSSR count). The molecule has 1 saturated heterocycles. The molecule has 1 aromatic rings. The van der Waals surface area contributed by atoms with E-state index in [4.69, 9.17) is 0 Å². The van der Waals surface area contributed by atoms with E-state index in [9.17, 15) is 8.78 Å². The fourth-order valence-electron chi connectivity index (χ4n) is 2.60. The molecule has 1 heterocycles. The third-order valence-corrected chi connectivity index (χ3v) is 3.45. The van der Waals surface area contributed by atoms with E-state index in [1.54, 1.807) is 18.2 Å². The number of rotatable bonds is 5. The third kappa shape index (κ3) is 3.88. The van der Waals surface area contributed by atoms with Gasteiger partial charge in [-0.1, -0.05) is 19.1 Å². The molecule has 1 aliphatic heterocycles. The summed E-state index contributed by atoms with van der Waals surface area (Å²) >= 11 is 0. The number of nitrogens with zero attached hydrogens (tertiary/aromatic N) is 1. The normalized spacial score (nSPS) is 18.5. The summed E-state index contributed by atoms with van der Waals surface area (Å²) in [5.74, 6) is 0.237. The number of halogens is 2. The van der Waals surface area contributed by atoms with Crippen molar-refractivity contribution in [3.8, 4) is 5.75 Å². The fraction of sp³-hybridized carbons (Fsp3) is 0.571. The maximum atomic E-state index is 12.2. The van der Waals surface area contributed by atoms with Gasteiger partial charge in [-0.2, -0.15) is 8.78 Å². The summed E-state index contributed by atoms with van der Waals surface area (Å²) in [5, 5.41) is 3.32. The van der Waals surface area contributed by atoms with Gasteiger partial charge in [-0.3, -0.25) is 4.90 Å². The molecule has 1 fully saturated rings. The summed E-state index contributed by atoms with van der Waals surface area (Å²) in [4.78, 5) is 2.39. The zero-order chi connectivity index (χ0) is 13.7. The lowest BCUT2D eigenvalue weighted by atomic mass is 10.0. The van der Waals surface area contributed by atoms with E-state index >= 15 is 0 Å². The highest BCUT2D eigenvalue weighted by Crippen LogP contribution is 2.27. The second-order valence-corrected chi connectivity index (χ2v) is 4.66. The van der Waals surface area contributed by atoms with Gasteiger partial charge < -0.3 is 10.1 Å². The maximum absolute atomic E-state index is 12.2. The van der Waals surface area contributed by atoms with Gasteiger partial charge in [0.05, 0.1) is 0 Å². The summed E-state index contributed by atoms with van der Waals surface area (Å²) < 4.78 is 29.0. The molecule has 5 heteroatoms. The molecule has 0 aromatic heterocycles. The molecule has 106 valence electrons. The Hall–Kier alpha value is -1.20. The van der Waals surface area contributed by atoms with Crippen molar-refractivity contribution in [2.45, 2.75) is 26.0 Å². The number of piperazine rings is 1. The molecule has 1 N–H and O–H groups in total. The molecule has 1 atom stereocenters. The van der Waals surface area contributed by atoms with Crippen molar-refractivity contribution in [3.63, 3.8) is 0 Å². The average Bonchev–Trinajstić information content (AvgIpc) is 2.40. The van der Waals surface area contributed by atoms with Crippen LogP contribution in [0.15, 0.2) is 24.3 Å². The van der Waals surface area contributed by atoms with Crippen LogP contribution < -0.4 is 10.1 Å². The maximum Gasteiger partial charge on any atom is 0.387 e. The SMILES string of the molecule is CC[C@H](c1cccc(OC(F)F)c1)N1CCNCC1. The number of alkyl halides is 2. The third-order valence-electron chi connectivity index (χ3n) is 3.45. The zero-order valence-corrected chi connectivity index (χ0v) is 11.1. The average molecular weight is 270 g/mol. The highest BCUT2D eigenvalue weighted by Gasteiger charge is 2.21. The highest BCUT2D eigenvalue weighted by atomic mass is 19.3. The van der Waals surface area contributed by atoms with E-state index in [0.717, 1.165) is 38.2 Å². The smallest absolute Gasteiger partial charge is 0.387 e. The first-order chi connectivity index (χ1) is 9.20. The Labute approximate surface area is 112 Å². The van der Waals surface area contributed by atoms with Crippen LogP contribution in [0.25, 0.3) is 0 Å². The van der Waals surface area contributed by atoms with Gasteiger partial charge >= 0.3 is 6.61 Å². The molecular weight excluding hydrogens is 250 g/mol. The molecule has 19 heavy (non-hydrogen) atoms. The number of benzene rings is 1. The van der Waals surface area contributed by atoms with Crippen molar-refractivity contribution in [1.82, 2.24) is 10.2 Å².